The van der Waals surface area contributed by atoms with Crippen LogP contribution in [0.25, 0.3) is 0 Å². The van der Waals surface area contributed by atoms with Gasteiger partial charge in [-0.15, -0.1) is 13.2 Å². The third kappa shape index (κ3) is 8.20. The largest absolute Gasteiger partial charge is 0.522 e. The molecule has 0 fully saturated rings. The van der Waals surface area contributed by atoms with Crippen molar-refractivity contribution in [2.45, 2.75) is 32.2 Å². The van der Waals surface area contributed by atoms with Crippen molar-refractivity contribution >= 4 is 5.97 Å². The minimum Gasteiger partial charge on any atom is -0.461 e. The third-order valence-corrected chi connectivity index (χ3v) is 2.28. The van der Waals surface area contributed by atoms with E-state index >= 15 is 0 Å². The van der Waals surface area contributed by atoms with Gasteiger partial charge in [0, 0.05) is 6.42 Å². The van der Waals surface area contributed by atoms with Gasteiger partial charge in [-0.1, -0.05) is 30.3 Å². The molecule has 0 N–H and O–H groups in total. The van der Waals surface area contributed by atoms with Crippen LogP contribution >= 0.6 is 0 Å². The molecule has 0 saturated carbocycles. The lowest BCUT2D eigenvalue weighted by Crippen LogP contribution is -2.14. The van der Waals surface area contributed by atoms with Gasteiger partial charge < -0.3 is 4.74 Å². The highest BCUT2D eigenvalue weighted by Crippen LogP contribution is 2.16. The van der Waals surface area contributed by atoms with Crippen LogP contribution in [0.5, 0.6) is 0 Å². The van der Waals surface area contributed by atoms with Crippen LogP contribution in [0.4, 0.5) is 13.2 Å². The minimum absolute atomic E-state index is 0.0913. The van der Waals surface area contributed by atoms with Gasteiger partial charge in [0.2, 0.25) is 0 Å². The van der Waals surface area contributed by atoms with E-state index in [9.17, 15) is 18.0 Å². The second kappa shape index (κ2) is 7.78. The molecular formula is C13H15F3O3. The molecule has 6 heteroatoms. The first-order valence-corrected chi connectivity index (χ1v) is 5.87. The van der Waals surface area contributed by atoms with E-state index in [1.54, 1.807) is 0 Å². The van der Waals surface area contributed by atoms with Crippen LogP contribution in [-0.4, -0.2) is 18.9 Å². The van der Waals surface area contributed by atoms with E-state index < -0.39 is 18.9 Å². The van der Waals surface area contributed by atoms with Crippen molar-refractivity contribution in [1.82, 2.24) is 0 Å². The van der Waals surface area contributed by atoms with Gasteiger partial charge in [0.15, 0.2) is 0 Å². The number of esters is 1. The monoisotopic (exact) mass is 276 g/mol. The smallest absolute Gasteiger partial charge is 0.461 e. The maximum absolute atomic E-state index is 11.6. The predicted molar refractivity (Wildman–Crippen MR) is 62.1 cm³/mol. The molecule has 3 nitrogen and oxygen atoms in total. The molecule has 0 spiro atoms. The molecule has 0 aliphatic carbocycles. The Bertz CT molecular complexity index is 376. The normalized spacial score (nSPS) is 11.3. The summed E-state index contributed by atoms with van der Waals surface area (Å²) in [6.07, 6.45) is -4.04. The number of hydrogen-bond acceptors (Lipinski definition) is 3. The van der Waals surface area contributed by atoms with Crippen LogP contribution in [0.15, 0.2) is 30.3 Å². The van der Waals surface area contributed by atoms with Crippen LogP contribution < -0.4 is 0 Å². The van der Waals surface area contributed by atoms with Gasteiger partial charge in [0.25, 0.3) is 0 Å². The molecule has 1 aromatic rings. The van der Waals surface area contributed by atoms with Gasteiger partial charge in [-0.05, 0) is 18.4 Å². The summed E-state index contributed by atoms with van der Waals surface area (Å²) in [5.41, 5.74) is 0.872. The molecule has 0 aliphatic heterocycles. The quantitative estimate of drug-likeness (QED) is 0.565. The van der Waals surface area contributed by atoms with E-state index in [4.69, 9.17) is 4.74 Å². The van der Waals surface area contributed by atoms with E-state index in [0.29, 0.717) is 6.42 Å². The zero-order valence-electron chi connectivity index (χ0n) is 10.3. The molecule has 0 aliphatic rings. The van der Waals surface area contributed by atoms with Crippen LogP contribution in [0.3, 0.4) is 0 Å². The first kappa shape index (κ1) is 15.5. The number of unbranched alkanes of at least 4 members (excludes halogenated alkanes) is 1. The number of carbonyl (C=O) groups is 1. The summed E-state index contributed by atoms with van der Waals surface area (Å²) in [5.74, 6) is -0.420. The maximum atomic E-state index is 11.6. The lowest BCUT2D eigenvalue weighted by molar-refractivity contribution is -0.324. The lowest BCUT2D eigenvalue weighted by Gasteiger charge is -2.07. The molecule has 0 atom stereocenters. The number of benzene rings is 1. The highest BCUT2D eigenvalue weighted by atomic mass is 19.4. The van der Waals surface area contributed by atoms with Gasteiger partial charge >= 0.3 is 12.3 Å². The molecule has 0 saturated heterocycles. The molecule has 19 heavy (non-hydrogen) atoms. The Labute approximate surface area is 109 Å². The Hall–Kier alpha value is -1.56. The van der Waals surface area contributed by atoms with Gasteiger partial charge in [-0.2, -0.15) is 0 Å². The Kier molecular flexibility index (Phi) is 6.35. The number of rotatable bonds is 7. The Morgan fingerprint density at radius 3 is 2.42 bits per heavy atom. The Morgan fingerprint density at radius 2 is 1.79 bits per heavy atom. The van der Waals surface area contributed by atoms with Crippen LogP contribution in [0.1, 0.15) is 24.8 Å². The zero-order valence-corrected chi connectivity index (χ0v) is 10.3. The molecule has 0 unspecified atom stereocenters. The van der Waals surface area contributed by atoms with E-state index in [-0.39, 0.29) is 19.4 Å². The summed E-state index contributed by atoms with van der Waals surface area (Å²) >= 11 is 0. The van der Waals surface area contributed by atoms with Gasteiger partial charge in [0.1, 0.15) is 6.61 Å². The Morgan fingerprint density at radius 1 is 1.11 bits per heavy atom. The van der Waals surface area contributed by atoms with Crippen molar-refractivity contribution in [3.05, 3.63) is 35.9 Å². The number of halogens is 3. The number of ether oxygens (including phenoxy) is 2. The molecule has 0 bridgehead atoms. The topological polar surface area (TPSA) is 35.5 Å². The average molecular weight is 276 g/mol. The third-order valence-electron chi connectivity index (χ3n) is 2.28. The molecule has 1 aromatic carbocycles. The summed E-state index contributed by atoms with van der Waals surface area (Å²) in [6, 6.07) is 9.16. The van der Waals surface area contributed by atoms with Crippen molar-refractivity contribution in [3.8, 4) is 0 Å². The molecule has 0 aromatic heterocycles. The highest BCUT2D eigenvalue weighted by molar-refractivity contribution is 5.69. The number of hydrogen-bond donors (Lipinski definition) is 0. The highest BCUT2D eigenvalue weighted by Gasteiger charge is 2.28. The van der Waals surface area contributed by atoms with Crippen LogP contribution in [-0.2, 0) is 20.9 Å². The molecule has 106 valence electrons. The fourth-order valence-corrected chi connectivity index (χ4v) is 1.37. The summed E-state index contributed by atoms with van der Waals surface area (Å²) in [4.78, 5) is 11.3. The van der Waals surface area contributed by atoms with Gasteiger partial charge in [0.05, 0.1) is 6.61 Å². The van der Waals surface area contributed by atoms with Gasteiger partial charge in [-0.3, -0.25) is 9.53 Å². The summed E-state index contributed by atoms with van der Waals surface area (Å²) < 4.78 is 43.5. The van der Waals surface area contributed by atoms with Crippen molar-refractivity contribution in [3.63, 3.8) is 0 Å². The summed E-state index contributed by atoms with van der Waals surface area (Å²) in [6.45, 7) is -0.256. The first-order chi connectivity index (χ1) is 8.97. The first-order valence-electron chi connectivity index (χ1n) is 5.87. The van der Waals surface area contributed by atoms with E-state index in [0.717, 1.165) is 5.56 Å². The zero-order chi connectivity index (χ0) is 14.1. The van der Waals surface area contributed by atoms with Crippen LogP contribution in [0.2, 0.25) is 0 Å². The summed E-state index contributed by atoms with van der Waals surface area (Å²) in [5, 5.41) is 0. The van der Waals surface area contributed by atoms with Crippen molar-refractivity contribution in [1.29, 1.82) is 0 Å². The fraction of sp³-hybridized carbons (Fsp3) is 0.462. The van der Waals surface area contributed by atoms with E-state index in [1.807, 2.05) is 30.3 Å². The van der Waals surface area contributed by atoms with Crippen LogP contribution in [0, 0.1) is 0 Å². The van der Waals surface area contributed by atoms with Crippen molar-refractivity contribution in [2.75, 3.05) is 6.61 Å². The second-order valence-electron chi connectivity index (χ2n) is 3.90. The molecule has 0 amide bonds. The van der Waals surface area contributed by atoms with E-state index in [1.165, 1.54) is 0 Å². The van der Waals surface area contributed by atoms with Crippen molar-refractivity contribution in [2.24, 2.45) is 0 Å². The van der Waals surface area contributed by atoms with Crippen molar-refractivity contribution < 1.29 is 27.4 Å². The average Bonchev–Trinajstić information content (AvgIpc) is 2.36. The fourth-order valence-electron chi connectivity index (χ4n) is 1.37. The standard InChI is InChI=1S/C13H15F3O3/c14-13(15,16)19-9-5-4-8-12(17)18-10-11-6-2-1-3-7-11/h1-3,6-7H,4-5,8-10H2. The lowest BCUT2D eigenvalue weighted by atomic mass is 10.2. The Balaban J connectivity index is 2.06. The summed E-state index contributed by atoms with van der Waals surface area (Å²) in [7, 11) is 0. The SMILES string of the molecule is O=C(CCCCOC(F)(F)F)OCc1ccccc1. The molecule has 0 radical (unpaired) electrons. The van der Waals surface area contributed by atoms with E-state index in [2.05, 4.69) is 4.74 Å². The molecular weight excluding hydrogens is 261 g/mol. The minimum atomic E-state index is -4.60. The molecule has 0 heterocycles. The second-order valence-corrected chi connectivity index (χ2v) is 3.90. The number of alkyl halides is 3. The predicted octanol–water partition coefficient (Wildman–Crippen LogP) is 3.44. The maximum Gasteiger partial charge on any atom is 0.522 e. The molecule has 1 rings (SSSR count). The van der Waals surface area contributed by atoms with Gasteiger partial charge in [-0.25, -0.2) is 0 Å². The number of carbonyl (C=O) groups excluding carboxylic acids is 1.